The van der Waals surface area contributed by atoms with Gasteiger partial charge in [-0.25, -0.2) is 0 Å². The molecule has 0 atom stereocenters. The molecule has 0 unspecified atom stereocenters. The van der Waals surface area contributed by atoms with Crippen molar-refractivity contribution in [3.05, 3.63) is 70.2 Å². The van der Waals surface area contributed by atoms with Crippen LogP contribution in [0.25, 0.3) is 10.8 Å². The minimum atomic E-state index is 0.213. The van der Waals surface area contributed by atoms with E-state index < -0.39 is 0 Å². The van der Waals surface area contributed by atoms with Gasteiger partial charge in [0.1, 0.15) is 5.75 Å². The van der Waals surface area contributed by atoms with Crippen LogP contribution in [0.3, 0.4) is 0 Å². The Morgan fingerprint density at radius 2 is 1.76 bits per heavy atom. The lowest BCUT2D eigenvalue weighted by molar-refractivity contribution is 0.471. The van der Waals surface area contributed by atoms with E-state index in [-0.39, 0.29) is 5.75 Å². The third-order valence-electron chi connectivity index (χ3n) is 3.32. The van der Waals surface area contributed by atoms with Gasteiger partial charge in [0.05, 0.1) is 10.2 Å². The van der Waals surface area contributed by atoms with E-state index in [0.717, 1.165) is 16.6 Å². The minimum Gasteiger partial charge on any atom is -0.506 e. The van der Waals surface area contributed by atoms with Crippen molar-refractivity contribution in [3.63, 3.8) is 0 Å². The number of rotatable bonds is 2. The number of aromatic hydroxyl groups is 1. The summed E-state index contributed by atoms with van der Waals surface area (Å²) >= 11 is 3.34. The van der Waals surface area contributed by atoms with Crippen molar-refractivity contribution in [3.8, 4) is 5.75 Å². The highest BCUT2D eigenvalue weighted by molar-refractivity contribution is 9.10. The maximum absolute atomic E-state index is 10.0. The van der Waals surface area contributed by atoms with Crippen LogP contribution in [-0.4, -0.2) is 11.3 Å². The van der Waals surface area contributed by atoms with Gasteiger partial charge in [-0.15, -0.1) is 0 Å². The first-order valence-electron chi connectivity index (χ1n) is 6.65. The van der Waals surface area contributed by atoms with Gasteiger partial charge in [0, 0.05) is 11.8 Å². The normalized spacial score (nSPS) is 11.3. The third kappa shape index (κ3) is 2.98. The van der Waals surface area contributed by atoms with Crippen LogP contribution < -0.4 is 0 Å². The van der Waals surface area contributed by atoms with Crippen LogP contribution in [0.15, 0.2) is 64.1 Å². The molecule has 0 amide bonds. The molecule has 0 fully saturated rings. The number of aliphatic imine (C=N–C) groups is 1. The molecule has 3 heteroatoms. The second-order valence-electron chi connectivity index (χ2n) is 4.97. The van der Waals surface area contributed by atoms with E-state index in [1.165, 1.54) is 5.39 Å². The van der Waals surface area contributed by atoms with E-state index in [1.54, 1.807) is 6.21 Å². The number of benzene rings is 3. The number of hydrogen-bond donors (Lipinski definition) is 1. The van der Waals surface area contributed by atoms with Gasteiger partial charge in [-0.1, -0.05) is 30.3 Å². The van der Waals surface area contributed by atoms with Gasteiger partial charge >= 0.3 is 0 Å². The number of phenols is 1. The molecule has 0 bridgehead atoms. The molecule has 3 rings (SSSR count). The Bertz CT molecular complexity index is 840. The van der Waals surface area contributed by atoms with Gasteiger partial charge in [-0.3, -0.25) is 4.99 Å². The quantitative estimate of drug-likeness (QED) is 0.625. The van der Waals surface area contributed by atoms with Crippen LogP contribution in [0.2, 0.25) is 0 Å². The standard InChI is InChI=1S/C18H14BrNO/c1-12-8-15(18(21)17(19)9-12)11-20-16-7-6-13-4-2-3-5-14(13)10-16/h2-11,21H,1H3. The lowest BCUT2D eigenvalue weighted by atomic mass is 10.1. The molecule has 0 saturated carbocycles. The van der Waals surface area contributed by atoms with Gasteiger partial charge in [0.25, 0.3) is 0 Å². The molecule has 0 aromatic heterocycles. The molecule has 1 N–H and O–H groups in total. The average Bonchev–Trinajstić information content (AvgIpc) is 2.49. The molecule has 104 valence electrons. The Morgan fingerprint density at radius 1 is 1.00 bits per heavy atom. The smallest absolute Gasteiger partial charge is 0.138 e. The van der Waals surface area contributed by atoms with Crippen LogP contribution in [0, 0.1) is 6.92 Å². The molecule has 0 radical (unpaired) electrons. The first-order valence-corrected chi connectivity index (χ1v) is 7.45. The summed E-state index contributed by atoms with van der Waals surface area (Å²) in [4.78, 5) is 4.46. The van der Waals surface area contributed by atoms with Crippen molar-refractivity contribution in [1.82, 2.24) is 0 Å². The molecule has 0 spiro atoms. The number of phenolic OH excluding ortho intramolecular Hbond substituents is 1. The van der Waals surface area contributed by atoms with Crippen LogP contribution >= 0.6 is 15.9 Å². The summed E-state index contributed by atoms with van der Waals surface area (Å²) in [6.07, 6.45) is 1.69. The van der Waals surface area contributed by atoms with Crippen molar-refractivity contribution in [2.24, 2.45) is 4.99 Å². The second kappa shape index (κ2) is 5.70. The summed E-state index contributed by atoms with van der Waals surface area (Å²) in [5.41, 5.74) is 2.64. The Labute approximate surface area is 131 Å². The van der Waals surface area contributed by atoms with E-state index in [4.69, 9.17) is 0 Å². The largest absolute Gasteiger partial charge is 0.506 e. The zero-order valence-electron chi connectivity index (χ0n) is 11.5. The van der Waals surface area contributed by atoms with Gasteiger partial charge in [-0.05, 0) is 63.5 Å². The molecular formula is C18H14BrNO. The fraction of sp³-hybridized carbons (Fsp3) is 0.0556. The highest BCUT2D eigenvalue weighted by atomic mass is 79.9. The Balaban J connectivity index is 1.98. The summed E-state index contributed by atoms with van der Waals surface area (Å²) in [5.74, 6) is 0.213. The van der Waals surface area contributed by atoms with Gasteiger partial charge in [-0.2, -0.15) is 0 Å². The van der Waals surface area contributed by atoms with Gasteiger partial charge < -0.3 is 5.11 Å². The topological polar surface area (TPSA) is 32.6 Å². The van der Waals surface area contributed by atoms with Crippen LogP contribution in [0.1, 0.15) is 11.1 Å². The predicted molar refractivity (Wildman–Crippen MR) is 91.7 cm³/mol. The summed E-state index contributed by atoms with van der Waals surface area (Å²) in [6.45, 7) is 1.98. The molecular weight excluding hydrogens is 326 g/mol. The van der Waals surface area contributed by atoms with Crippen LogP contribution in [-0.2, 0) is 0 Å². The fourth-order valence-corrected chi connectivity index (χ4v) is 2.85. The highest BCUT2D eigenvalue weighted by Crippen LogP contribution is 2.29. The number of halogens is 1. The van der Waals surface area contributed by atoms with Crippen molar-refractivity contribution in [1.29, 1.82) is 0 Å². The number of fused-ring (bicyclic) bond motifs is 1. The molecule has 0 heterocycles. The monoisotopic (exact) mass is 339 g/mol. The van der Waals surface area contributed by atoms with E-state index >= 15 is 0 Å². The van der Waals surface area contributed by atoms with E-state index in [1.807, 2.05) is 49.4 Å². The Hall–Kier alpha value is -2.13. The highest BCUT2D eigenvalue weighted by Gasteiger charge is 2.04. The van der Waals surface area contributed by atoms with E-state index in [2.05, 4.69) is 33.1 Å². The van der Waals surface area contributed by atoms with Crippen molar-refractivity contribution in [2.45, 2.75) is 6.92 Å². The number of nitrogens with zero attached hydrogens (tertiary/aromatic N) is 1. The zero-order valence-corrected chi connectivity index (χ0v) is 13.1. The van der Waals surface area contributed by atoms with Gasteiger partial charge in [0.15, 0.2) is 0 Å². The minimum absolute atomic E-state index is 0.213. The molecule has 3 aromatic rings. The van der Waals surface area contributed by atoms with Gasteiger partial charge in [0.2, 0.25) is 0 Å². The van der Waals surface area contributed by atoms with Crippen LogP contribution in [0.4, 0.5) is 5.69 Å². The number of hydrogen-bond acceptors (Lipinski definition) is 2. The summed E-state index contributed by atoms with van der Waals surface area (Å²) in [6, 6.07) is 18.0. The molecule has 0 aliphatic rings. The SMILES string of the molecule is Cc1cc(Br)c(O)c(C=Nc2ccc3ccccc3c2)c1. The average molecular weight is 340 g/mol. The lowest BCUT2D eigenvalue weighted by Gasteiger charge is -2.04. The van der Waals surface area contributed by atoms with Crippen molar-refractivity contribution in [2.75, 3.05) is 0 Å². The fourth-order valence-electron chi connectivity index (χ4n) is 2.26. The van der Waals surface area contributed by atoms with Crippen molar-refractivity contribution < 1.29 is 5.11 Å². The van der Waals surface area contributed by atoms with E-state index in [9.17, 15) is 5.11 Å². The summed E-state index contributed by atoms with van der Waals surface area (Å²) in [7, 11) is 0. The Kier molecular flexibility index (Phi) is 3.76. The first-order chi connectivity index (χ1) is 10.1. The van der Waals surface area contributed by atoms with Crippen LogP contribution in [0.5, 0.6) is 5.75 Å². The zero-order chi connectivity index (χ0) is 14.8. The Morgan fingerprint density at radius 3 is 2.57 bits per heavy atom. The molecule has 0 aliphatic heterocycles. The maximum atomic E-state index is 10.0. The third-order valence-corrected chi connectivity index (χ3v) is 3.93. The first kappa shape index (κ1) is 13.8. The molecule has 0 aliphatic carbocycles. The van der Waals surface area contributed by atoms with E-state index in [0.29, 0.717) is 10.0 Å². The summed E-state index contributed by atoms with van der Waals surface area (Å²) in [5, 5.41) is 12.4. The number of aryl methyl sites for hydroxylation is 1. The predicted octanol–water partition coefficient (Wildman–Crippen LogP) is 5.37. The molecule has 0 saturated heterocycles. The molecule has 2 nitrogen and oxygen atoms in total. The molecule has 21 heavy (non-hydrogen) atoms. The summed E-state index contributed by atoms with van der Waals surface area (Å²) < 4.78 is 0.683. The second-order valence-corrected chi connectivity index (χ2v) is 5.83. The maximum Gasteiger partial charge on any atom is 0.138 e. The van der Waals surface area contributed by atoms with Crippen molar-refractivity contribution >= 4 is 38.6 Å². The molecule has 3 aromatic carbocycles. The lowest BCUT2D eigenvalue weighted by Crippen LogP contribution is -1.86.